The van der Waals surface area contributed by atoms with Gasteiger partial charge in [-0.15, -0.1) is 0 Å². The highest BCUT2D eigenvalue weighted by Crippen LogP contribution is 2.30. The van der Waals surface area contributed by atoms with Crippen LogP contribution in [0.3, 0.4) is 0 Å². The second-order valence-corrected chi connectivity index (χ2v) is 4.28. The molecule has 0 spiro atoms. The van der Waals surface area contributed by atoms with Gasteiger partial charge in [0.1, 0.15) is 11.6 Å². The Labute approximate surface area is 110 Å². The Hall–Kier alpha value is -1.74. The van der Waals surface area contributed by atoms with Crippen LogP contribution in [0.25, 0.3) is 11.1 Å². The van der Waals surface area contributed by atoms with E-state index >= 15 is 0 Å². The molecule has 94 valence electrons. The minimum absolute atomic E-state index is 0.333. The van der Waals surface area contributed by atoms with Crippen LogP contribution in [-0.4, -0.2) is 6.61 Å². The van der Waals surface area contributed by atoms with Crippen molar-refractivity contribution in [3.05, 3.63) is 47.2 Å². The standard InChI is InChI=1S/C14H13ClFNO/c1-2-18-12-3-4-14(16)13(8-12)9-5-10(15)7-11(17)6-9/h3-8H,2,17H2,1H3. The third-order valence-corrected chi connectivity index (χ3v) is 2.70. The number of hydrogen-bond donors (Lipinski definition) is 1. The van der Waals surface area contributed by atoms with Gasteiger partial charge in [0.2, 0.25) is 0 Å². The SMILES string of the molecule is CCOc1ccc(F)c(-c2cc(N)cc(Cl)c2)c1. The summed E-state index contributed by atoms with van der Waals surface area (Å²) in [4.78, 5) is 0. The molecule has 0 aromatic heterocycles. The molecule has 0 amide bonds. The fourth-order valence-corrected chi connectivity index (χ4v) is 1.99. The van der Waals surface area contributed by atoms with Crippen molar-refractivity contribution in [2.75, 3.05) is 12.3 Å². The number of ether oxygens (including phenoxy) is 1. The molecular formula is C14H13ClFNO. The van der Waals surface area contributed by atoms with Crippen LogP contribution in [-0.2, 0) is 0 Å². The molecule has 0 heterocycles. The topological polar surface area (TPSA) is 35.2 Å². The maximum Gasteiger partial charge on any atom is 0.131 e. The van der Waals surface area contributed by atoms with Crippen molar-refractivity contribution in [1.82, 2.24) is 0 Å². The maximum absolute atomic E-state index is 13.8. The van der Waals surface area contributed by atoms with E-state index in [1.54, 1.807) is 30.3 Å². The highest BCUT2D eigenvalue weighted by molar-refractivity contribution is 6.31. The van der Waals surface area contributed by atoms with Crippen molar-refractivity contribution >= 4 is 17.3 Å². The Balaban J connectivity index is 2.51. The van der Waals surface area contributed by atoms with Crippen LogP contribution in [0.2, 0.25) is 5.02 Å². The fraction of sp³-hybridized carbons (Fsp3) is 0.143. The first-order chi connectivity index (χ1) is 8.60. The second kappa shape index (κ2) is 5.27. The van der Waals surface area contributed by atoms with Gasteiger partial charge in [0.05, 0.1) is 6.61 Å². The summed E-state index contributed by atoms with van der Waals surface area (Å²) >= 11 is 5.92. The van der Waals surface area contributed by atoms with Crippen LogP contribution in [0.1, 0.15) is 6.92 Å². The summed E-state index contributed by atoms with van der Waals surface area (Å²) in [5.74, 6) is 0.285. The van der Waals surface area contributed by atoms with E-state index in [9.17, 15) is 4.39 Å². The predicted octanol–water partition coefficient (Wildman–Crippen LogP) is 4.13. The van der Waals surface area contributed by atoms with Crippen LogP contribution in [0.15, 0.2) is 36.4 Å². The van der Waals surface area contributed by atoms with Gasteiger partial charge in [0.25, 0.3) is 0 Å². The molecule has 2 nitrogen and oxygen atoms in total. The van der Waals surface area contributed by atoms with Gasteiger partial charge in [-0.3, -0.25) is 0 Å². The summed E-state index contributed by atoms with van der Waals surface area (Å²) < 4.78 is 19.2. The largest absolute Gasteiger partial charge is 0.494 e. The van der Waals surface area contributed by atoms with Gasteiger partial charge in [-0.25, -0.2) is 4.39 Å². The minimum Gasteiger partial charge on any atom is -0.494 e. The van der Waals surface area contributed by atoms with Crippen molar-refractivity contribution in [1.29, 1.82) is 0 Å². The Morgan fingerprint density at radius 1 is 1.22 bits per heavy atom. The van der Waals surface area contributed by atoms with Gasteiger partial charge < -0.3 is 10.5 Å². The smallest absolute Gasteiger partial charge is 0.131 e. The lowest BCUT2D eigenvalue weighted by molar-refractivity contribution is 0.340. The molecule has 0 saturated heterocycles. The Morgan fingerprint density at radius 2 is 2.00 bits per heavy atom. The first-order valence-electron chi connectivity index (χ1n) is 5.59. The lowest BCUT2D eigenvalue weighted by Gasteiger charge is -2.09. The molecule has 2 aromatic carbocycles. The monoisotopic (exact) mass is 265 g/mol. The lowest BCUT2D eigenvalue weighted by Crippen LogP contribution is -1.94. The average molecular weight is 266 g/mol. The minimum atomic E-state index is -0.333. The molecule has 0 radical (unpaired) electrons. The molecule has 4 heteroatoms. The van der Waals surface area contributed by atoms with Crippen molar-refractivity contribution in [2.24, 2.45) is 0 Å². The van der Waals surface area contributed by atoms with Gasteiger partial charge in [0.15, 0.2) is 0 Å². The molecule has 0 bridgehead atoms. The molecule has 2 rings (SSSR count). The quantitative estimate of drug-likeness (QED) is 0.847. The zero-order valence-electron chi connectivity index (χ0n) is 9.91. The fourth-order valence-electron chi connectivity index (χ4n) is 1.75. The third-order valence-electron chi connectivity index (χ3n) is 2.48. The number of nitrogens with two attached hydrogens (primary N) is 1. The predicted molar refractivity (Wildman–Crippen MR) is 72.4 cm³/mol. The number of halogens is 2. The van der Waals surface area contributed by atoms with E-state index in [1.807, 2.05) is 6.92 Å². The first kappa shape index (κ1) is 12.7. The molecule has 0 unspecified atom stereocenters. The van der Waals surface area contributed by atoms with Crippen LogP contribution in [0.4, 0.5) is 10.1 Å². The molecule has 0 fully saturated rings. The van der Waals surface area contributed by atoms with Gasteiger partial charge >= 0.3 is 0 Å². The van der Waals surface area contributed by atoms with Gasteiger partial charge in [-0.2, -0.15) is 0 Å². The number of benzene rings is 2. The Bertz CT molecular complexity index is 551. The summed E-state index contributed by atoms with van der Waals surface area (Å²) in [6.45, 7) is 2.41. The second-order valence-electron chi connectivity index (χ2n) is 3.85. The van der Waals surface area contributed by atoms with Crippen LogP contribution in [0, 0.1) is 5.82 Å². The van der Waals surface area contributed by atoms with E-state index in [4.69, 9.17) is 22.1 Å². The summed E-state index contributed by atoms with van der Waals surface area (Å²) in [5.41, 5.74) is 7.27. The molecule has 0 aliphatic carbocycles. The average Bonchev–Trinajstić information content (AvgIpc) is 2.30. The van der Waals surface area contributed by atoms with Crippen molar-refractivity contribution in [2.45, 2.75) is 6.92 Å². The first-order valence-corrected chi connectivity index (χ1v) is 5.96. The number of nitrogen functional groups attached to an aromatic ring is 1. The van der Waals surface area contributed by atoms with Crippen molar-refractivity contribution in [3.8, 4) is 16.9 Å². The molecule has 0 aliphatic heterocycles. The molecule has 2 aromatic rings. The summed E-state index contributed by atoms with van der Waals surface area (Å²) in [6.07, 6.45) is 0. The molecule has 0 atom stereocenters. The number of rotatable bonds is 3. The zero-order chi connectivity index (χ0) is 13.1. The van der Waals surface area contributed by atoms with E-state index in [0.29, 0.717) is 34.2 Å². The van der Waals surface area contributed by atoms with Gasteiger partial charge in [-0.05, 0) is 48.9 Å². The molecular weight excluding hydrogens is 253 g/mol. The van der Waals surface area contributed by atoms with Gasteiger partial charge in [-0.1, -0.05) is 11.6 Å². The van der Waals surface area contributed by atoms with E-state index in [0.717, 1.165) is 0 Å². The van der Waals surface area contributed by atoms with Gasteiger partial charge in [0, 0.05) is 16.3 Å². The van der Waals surface area contributed by atoms with Crippen LogP contribution in [0.5, 0.6) is 5.75 Å². The Kier molecular flexibility index (Phi) is 3.72. The van der Waals surface area contributed by atoms with E-state index in [-0.39, 0.29) is 5.82 Å². The van der Waals surface area contributed by atoms with E-state index in [1.165, 1.54) is 6.07 Å². The van der Waals surface area contributed by atoms with Crippen molar-refractivity contribution < 1.29 is 9.13 Å². The highest BCUT2D eigenvalue weighted by Gasteiger charge is 2.08. The summed E-state index contributed by atoms with van der Waals surface area (Å²) in [7, 11) is 0. The lowest BCUT2D eigenvalue weighted by atomic mass is 10.0. The molecule has 18 heavy (non-hydrogen) atoms. The van der Waals surface area contributed by atoms with Crippen LogP contribution >= 0.6 is 11.6 Å². The summed E-state index contributed by atoms with van der Waals surface area (Å²) in [5, 5.41) is 0.478. The van der Waals surface area contributed by atoms with E-state index < -0.39 is 0 Å². The summed E-state index contributed by atoms with van der Waals surface area (Å²) in [6, 6.07) is 9.58. The molecule has 0 aliphatic rings. The van der Waals surface area contributed by atoms with E-state index in [2.05, 4.69) is 0 Å². The Morgan fingerprint density at radius 3 is 2.67 bits per heavy atom. The molecule has 0 saturated carbocycles. The third kappa shape index (κ3) is 2.74. The zero-order valence-corrected chi connectivity index (χ0v) is 10.7. The number of anilines is 1. The normalized spacial score (nSPS) is 10.4. The maximum atomic E-state index is 13.8. The highest BCUT2D eigenvalue weighted by atomic mass is 35.5. The molecule has 2 N–H and O–H groups in total. The number of hydrogen-bond acceptors (Lipinski definition) is 2. The van der Waals surface area contributed by atoms with Crippen molar-refractivity contribution in [3.63, 3.8) is 0 Å². The van der Waals surface area contributed by atoms with Crippen LogP contribution < -0.4 is 10.5 Å².